The molecule has 0 saturated heterocycles. The molecule has 0 aliphatic rings. The summed E-state index contributed by atoms with van der Waals surface area (Å²) in [7, 11) is -1.10. The summed E-state index contributed by atoms with van der Waals surface area (Å²) in [4.78, 5) is 11.4. The number of aromatic nitrogens is 2. The van der Waals surface area contributed by atoms with E-state index in [4.69, 9.17) is 4.74 Å². The van der Waals surface area contributed by atoms with E-state index in [-0.39, 0.29) is 0 Å². The maximum atomic E-state index is 11.4. The summed E-state index contributed by atoms with van der Waals surface area (Å²) in [5.74, 6) is -0.924. The summed E-state index contributed by atoms with van der Waals surface area (Å²) in [5.41, 5.74) is 2.86. The zero-order chi connectivity index (χ0) is 18.7. The summed E-state index contributed by atoms with van der Waals surface area (Å²) >= 11 is 0. The van der Waals surface area contributed by atoms with Crippen LogP contribution in [0, 0.1) is 0 Å². The second kappa shape index (κ2) is 7.43. The Kier molecular flexibility index (Phi) is 5.25. The van der Waals surface area contributed by atoms with Crippen molar-refractivity contribution in [3.8, 4) is 11.1 Å². The molecule has 5 nitrogen and oxygen atoms in total. The molecule has 3 aromatic rings. The molecule has 0 radical (unpaired) electrons. The highest BCUT2D eigenvalue weighted by molar-refractivity contribution is 6.76. The molecule has 0 atom stereocenters. The van der Waals surface area contributed by atoms with Crippen molar-refractivity contribution in [1.82, 2.24) is 9.78 Å². The summed E-state index contributed by atoms with van der Waals surface area (Å²) < 4.78 is 7.62. The SMILES string of the molecule is C[Si](C)(C)CCOCn1ncc2cc(-c3ccccc3C(=O)O)ccc21. The number of hydrogen-bond acceptors (Lipinski definition) is 3. The highest BCUT2D eigenvalue weighted by Gasteiger charge is 2.14. The molecule has 0 spiro atoms. The van der Waals surface area contributed by atoms with Crippen LogP contribution in [0.5, 0.6) is 0 Å². The predicted octanol–water partition coefficient (Wildman–Crippen LogP) is 4.71. The van der Waals surface area contributed by atoms with Crippen LogP contribution in [0.3, 0.4) is 0 Å². The van der Waals surface area contributed by atoms with Crippen molar-refractivity contribution in [3.05, 3.63) is 54.2 Å². The molecule has 1 aromatic heterocycles. The molecule has 0 aliphatic carbocycles. The molecular formula is C20H24N2O3Si. The van der Waals surface area contributed by atoms with Crippen molar-refractivity contribution in [2.45, 2.75) is 32.4 Å². The summed E-state index contributed by atoms with van der Waals surface area (Å²) in [6, 6.07) is 14.0. The Hall–Kier alpha value is -2.44. The van der Waals surface area contributed by atoms with Gasteiger partial charge >= 0.3 is 5.97 Å². The zero-order valence-corrected chi connectivity index (χ0v) is 16.4. The number of nitrogens with zero attached hydrogens (tertiary/aromatic N) is 2. The molecule has 6 heteroatoms. The summed E-state index contributed by atoms with van der Waals surface area (Å²) in [6.07, 6.45) is 1.80. The van der Waals surface area contributed by atoms with Gasteiger partial charge in [0.05, 0.1) is 17.3 Å². The number of carboxylic acids is 1. The summed E-state index contributed by atoms with van der Waals surface area (Å²) in [5, 5.41) is 14.8. The fourth-order valence-electron chi connectivity index (χ4n) is 2.81. The Balaban J connectivity index is 1.81. The van der Waals surface area contributed by atoms with Crippen molar-refractivity contribution in [3.63, 3.8) is 0 Å². The molecule has 0 aliphatic heterocycles. The van der Waals surface area contributed by atoms with Crippen molar-refractivity contribution < 1.29 is 14.6 Å². The quantitative estimate of drug-likeness (QED) is 0.484. The molecular weight excluding hydrogens is 344 g/mol. The minimum Gasteiger partial charge on any atom is -0.478 e. The van der Waals surface area contributed by atoms with E-state index in [9.17, 15) is 9.90 Å². The van der Waals surface area contributed by atoms with Gasteiger partial charge in [-0.25, -0.2) is 9.48 Å². The van der Waals surface area contributed by atoms with Gasteiger partial charge in [0.1, 0.15) is 6.73 Å². The van der Waals surface area contributed by atoms with Crippen molar-refractivity contribution in [2.75, 3.05) is 6.61 Å². The third kappa shape index (κ3) is 4.20. The third-order valence-electron chi connectivity index (χ3n) is 4.32. The number of hydrogen-bond donors (Lipinski definition) is 1. The van der Waals surface area contributed by atoms with Gasteiger partial charge in [0.25, 0.3) is 0 Å². The highest BCUT2D eigenvalue weighted by Crippen LogP contribution is 2.27. The third-order valence-corrected chi connectivity index (χ3v) is 6.02. The van der Waals surface area contributed by atoms with Gasteiger partial charge in [-0.05, 0) is 35.4 Å². The van der Waals surface area contributed by atoms with Crippen LogP contribution in [-0.4, -0.2) is 35.5 Å². The molecule has 0 fully saturated rings. The van der Waals surface area contributed by atoms with Crippen molar-refractivity contribution >= 4 is 24.9 Å². The maximum Gasteiger partial charge on any atom is 0.336 e. The first-order valence-corrected chi connectivity index (χ1v) is 12.4. The number of rotatable bonds is 7. The number of carbonyl (C=O) groups is 1. The van der Waals surface area contributed by atoms with Gasteiger partial charge in [0, 0.05) is 20.1 Å². The van der Waals surface area contributed by atoms with E-state index in [0.29, 0.717) is 17.9 Å². The van der Waals surface area contributed by atoms with Crippen molar-refractivity contribution in [2.24, 2.45) is 0 Å². The number of carboxylic acid groups (broad SMARTS) is 1. The predicted molar refractivity (Wildman–Crippen MR) is 106 cm³/mol. The second-order valence-electron chi connectivity index (χ2n) is 7.62. The van der Waals surface area contributed by atoms with Gasteiger partial charge in [-0.2, -0.15) is 5.10 Å². The average molecular weight is 369 g/mol. The van der Waals surface area contributed by atoms with E-state index in [2.05, 4.69) is 24.7 Å². The lowest BCUT2D eigenvalue weighted by molar-refractivity contribution is 0.0697. The van der Waals surface area contributed by atoms with Crippen LogP contribution in [0.2, 0.25) is 25.7 Å². The molecule has 0 amide bonds. The van der Waals surface area contributed by atoms with Crippen LogP contribution < -0.4 is 0 Å². The van der Waals surface area contributed by atoms with Crippen LogP contribution in [0.1, 0.15) is 10.4 Å². The molecule has 1 N–H and O–H groups in total. The standard InChI is InChI=1S/C20H24N2O3Si/c1-26(2,3)11-10-25-14-22-19-9-8-15(12-16(19)13-21-22)17-6-4-5-7-18(17)20(23)24/h4-9,12-13H,10-11,14H2,1-3H3,(H,23,24). The second-order valence-corrected chi connectivity index (χ2v) is 13.2. The monoisotopic (exact) mass is 368 g/mol. The lowest BCUT2D eigenvalue weighted by Crippen LogP contribution is -2.22. The first-order valence-electron chi connectivity index (χ1n) is 8.71. The Morgan fingerprint density at radius 1 is 1.19 bits per heavy atom. The fourth-order valence-corrected chi connectivity index (χ4v) is 3.56. The van der Waals surface area contributed by atoms with E-state index in [1.54, 1.807) is 18.3 Å². The molecule has 1 heterocycles. The van der Waals surface area contributed by atoms with E-state index in [0.717, 1.165) is 29.1 Å². The Morgan fingerprint density at radius 3 is 2.69 bits per heavy atom. The van der Waals surface area contributed by atoms with E-state index < -0.39 is 14.0 Å². The van der Waals surface area contributed by atoms with Crippen LogP contribution in [-0.2, 0) is 11.5 Å². The fraction of sp³-hybridized carbons (Fsp3) is 0.300. The summed E-state index contributed by atoms with van der Waals surface area (Å²) in [6.45, 7) is 8.17. The van der Waals surface area contributed by atoms with Crippen molar-refractivity contribution in [1.29, 1.82) is 0 Å². The first-order chi connectivity index (χ1) is 12.3. The number of ether oxygens (including phenoxy) is 1. The van der Waals surface area contributed by atoms with E-state index in [1.165, 1.54) is 0 Å². The van der Waals surface area contributed by atoms with Gasteiger partial charge in [-0.3, -0.25) is 0 Å². The molecule has 0 saturated carbocycles. The first kappa shape index (κ1) is 18.4. The lowest BCUT2D eigenvalue weighted by atomic mass is 9.99. The minimum atomic E-state index is -1.10. The van der Waals surface area contributed by atoms with Gasteiger partial charge in [-0.15, -0.1) is 0 Å². The Bertz CT molecular complexity index is 928. The normalized spacial score (nSPS) is 11.8. The lowest BCUT2D eigenvalue weighted by Gasteiger charge is -2.15. The van der Waals surface area contributed by atoms with Gasteiger partial charge < -0.3 is 9.84 Å². The smallest absolute Gasteiger partial charge is 0.336 e. The molecule has 0 bridgehead atoms. The number of fused-ring (bicyclic) bond motifs is 1. The number of aromatic carboxylic acids is 1. The van der Waals surface area contributed by atoms with Crippen LogP contribution in [0.15, 0.2) is 48.7 Å². The van der Waals surface area contributed by atoms with Crippen LogP contribution in [0.4, 0.5) is 0 Å². The Labute approximate surface area is 154 Å². The van der Waals surface area contributed by atoms with E-state index >= 15 is 0 Å². The minimum absolute atomic E-state index is 0.300. The molecule has 136 valence electrons. The van der Waals surface area contributed by atoms with Gasteiger partial charge in [-0.1, -0.05) is 43.9 Å². The maximum absolute atomic E-state index is 11.4. The van der Waals surface area contributed by atoms with Gasteiger partial charge in [0.2, 0.25) is 0 Å². The highest BCUT2D eigenvalue weighted by atomic mass is 28.3. The zero-order valence-electron chi connectivity index (χ0n) is 15.4. The van der Waals surface area contributed by atoms with Gasteiger partial charge in [0.15, 0.2) is 0 Å². The average Bonchev–Trinajstić information content (AvgIpc) is 3.00. The Morgan fingerprint density at radius 2 is 1.96 bits per heavy atom. The molecule has 2 aromatic carbocycles. The van der Waals surface area contributed by atoms with E-state index in [1.807, 2.05) is 35.0 Å². The van der Waals surface area contributed by atoms with Crippen LogP contribution >= 0.6 is 0 Å². The largest absolute Gasteiger partial charge is 0.478 e. The molecule has 0 unspecified atom stereocenters. The topological polar surface area (TPSA) is 64.4 Å². The van der Waals surface area contributed by atoms with Crippen LogP contribution in [0.25, 0.3) is 22.0 Å². The molecule has 26 heavy (non-hydrogen) atoms. The number of benzene rings is 2. The molecule has 3 rings (SSSR count).